The van der Waals surface area contributed by atoms with Crippen LogP contribution in [0.5, 0.6) is 0 Å². The molecule has 100 valence electrons. The van der Waals surface area contributed by atoms with E-state index in [0.717, 1.165) is 34.5 Å². The van der Waals surface area contributed by atoms with Crippen molar-refractivity contribution >= 4 is 43.2 Å². The predicted molar refractivity (Wildman–Crippen MR) is 86.2 cm³/mol. The van der Waals surface area contributed by atoms with Gasteiger partial charge in [-0.05, 0) is 47.9 Å². The maximum Gasteiger partial charge on any atom is 0.0348 e. The third kappa shape index (κ3) is 3.18. The summed E-state index contributed by atoms with van der Waals surface area (Å²) in [6, 6.07) is 13.2. The van der Waals surface area contributed by atoms with Crippen LogP contribution >= 0.6 is 15.9 Å². The van der Waals surface area contributed by atoms with Crippen LogP contribution in [-0.4, -0.2) is 21.8 Å². The van der Waals surface area contributed by atoms with E-state index in [2.05, 4.69) is 57.6 Å². The number of nitrogens with one attached hydrogen (secondary N) is 1. The van der Waals surface area contributed by atoms with Gasteiger partial charge in [-0.15, -0.1) is 0 Å². The van der Waals surface area contributed by atoms with E-state index in [1.165, 1.54) is 10.8 Å². The third-order valence-electron chi connectivity index (χ3n) is 3.56. The van der Waals surface area contributed by atoms with Crippen LogP contribution in [0.1, 0.15) is 12.8 Å². The first-order chi connectivity index (χ1) is 9.20. The Balaban J connectivity index is 1.78. The zero-order chi connectivity index (χ0) is 13.2. The van der Waals surface area contributed by atoms with E-state index >= 15 is 0 Å². The summed E-state index contributed by atoms with van der Waals surface area (Å²) in [4.78, 5) is 0. The first-order valence-electron chi connectivity index (χ1n) is 6.51. The smallest absolute Gasteiger partial charge is 0.0348 e. The van der Waals surface area contributed by atoms with Crippen molar-refractivity contribution in [2.45, 2.75) is 18.9 Å². The highest BCUT2D eigenvalue weighted by Gasteiger charge is 2.17. The Morgan fingerprint density at radius 1 is 1.05 bits per heavy atom. The second-order valence-corrected chi connectivity index (χ2v) is 7.58. The molecule has 0 radical (unpaired) electrons. The molecule has 0 aliphatic carbocycles. The summed E-state index contributed by atoms with van der Waals surface area (Å²) < 4.78 is 12.5. The van der Waals surface area contributed by atoms with E-state index in [1.54, 1.807) is 0 Å². The largest absolute Gasteiger partial charge is 0.382 e. The van der Waals surface area contributed by atoms with Gasteiger partial charge in [-0.2, -0.15) is 0 Å². The summed E-state index contributed by atoms with van der Waals surface area (Å²) in [7, 11) is -0.589. The minimum Gasteiger partial charge on any atom is -0.382 e. The molecule has 1 aliphatic rings. The van der Waals surface area contributed by atoms with Gasteiger partial charge >= 0.3 is 0 Å². The lowest BCUT2D eigenvalue weighted by Gasteiger charge is -2.23. The standard InChI is InChI=1S/C15H16BrNOS/c16-13-3-1-12-10-15(4-2-11(12)9-13)17-14-5-7-19(18)8-6-14/h1-4,9-10,14,17H,5-8H2. The number of hydrogen-bond acceptors (Lipinski definition) is 2. The number of benzene rings is 2. The van der Waals surface area contributed by atoms with Crippen molar-refractivity contribution in [2.24, 2.45) is 0 Å². The van der Waals surface area contributed by atoms with Gasteiger partial charge in [-0.25, -0.2) is 0 Å². The van der Waals surface area contributed by atoms with Gasteiger partial charge < -0.3 is 5.32 Å². The van der Waals surface area contributed by atoms with Gasteiger partial charge in [0.05, 0.1) is 0 Å². The SMILES string of the molecule is O=S1CCC(Nc2ccc3cc(Br)ccc3c2)CC1. The molecule has 1 saturated heterocycles. The van der Waals surface area contributed by atoms with Gasteiger partial charge in [0.2, 0.25) is 0 Å². The molecular formula is C15H16BrNOS. The number of hydrogen-bond donors (Lipinski definition) is 1. The molecule has 19 heavy (non-hydrogen) atoms. The van der Waals surface area contributed by atoms with Crippen molar-refractivity contribution in [1.29, 1.82) is 0 Å². The molecular weight excluding hydrogens is 322 g/mol. The van der Waals surface area contributed by atoms with Crippen molar-refractivity contribution in [1.82, 2.24) is 0 Å². The zero-order valence-corrected chi connectivity index (χ0v) is 13.0. The Bertz CT molecular complexity index is 619. The number of rotatable bonds is 2. The number of fused-ring (bicyclic) bond motifs is 1. The van der Waals surface area contributed by atoms with E-state index in [4.69, 9.17) is 0 Å². The summed E-state index contributed by atoms with van der Waals surface area (Å²) in [5, 5.41) is 6.05. The first kappa shape index (κ1) is 13.1. The van der Waals surface area contributed by atoms with E-state index in [1.807, 2.05) is 0 Å². The molecule has 0 unspecified atom stereocenters. The second-order valence-electron chi connectivity index (χ2n) is 4.97. The normalized spacial score (nSPS) is 23.4. The van der Waals surface area contributed by atoms with E-state index in [-0.39, 0.29) is 0 Å². The minimum absolute atomic E-state index is 0.464. The molecule has 0 atom stereocenters. The van der Waals surface area contributed by atoms with Crippen LogP contribution in [0.4, 0.5) is 5.69 Å². The lowest BCUT2D eigenvalue weighted by Crippen LogP contribution is -2.29. The molecule has 0 aromatic heterocycles. The highest BCUT2D eigenvalue weighted by molar-refractivity contribution is 9.10. The van der Waals surface area contributed by atoms with Crippen LogP contribution < -0.4 is 5.32 Å². The Kier molecular flexibility index (Phi) is 3.89. The quantitative estimate of drug-likeness (QED) is 0.899. The lowest BCUT2D eigenvalue weighted by molar-refractivity contribution is 0.624. The van der Waals surface area contributed by atoms with Gasteiger partial charge in [0.15, 0.2) is 0 Å². The van der Waals surface area contributed by atoms with Gasteiger partial charge in [0, 0.05) is 38.5 Å². The minimum atomic E-state index is -0.589. The molecule has 2 aromatic carbocycles. The van der Waals surface area contributed by atoms with Crippen molar-refractivity contribution in [2.75, 3.05) is 16.8 Å². The first-order valence-corrected chi connectivity index (χ1v) is 8.80. The van der Waals surface area contributed by atoms with Gasteiger partial charge in [-0.3, -0.25) is 4.21 Å². The highest BCUT2D eigenvalue weighted by Crippen LogP contribution is 2.24. The van der Waals surface area contributed by atoms with Crippen LogP contribution in [0.2, 0.25) is 0 Å². The van der Waals surface area contributed by atoms with Crippen LogP contribution in [-0.2, 0) is 10.8 Å². The van der Waals surface area contributed by atoms with E-state index < -0.39 is 10.8 Å². The fraction of sp³-hybridized carbons (Fsp3) is 0.333. The molecule has 0 amide bonds. The number of halogens is 1. The van der Waals surface area contributed by atoms with Crippen LogP contribution in [0.3, 0.4) is 0 Å². The molecule has 2 nitrogen and oxygen atoms in total. The second kappa shape index (κ2) is 5.63. The molecule has 0 saturated carbocycles. The monoisotopic (exact) mass is 337 g/mol. The Morgan fingerprint density at radius 2 is 1.74 bits per heavy atom. The lowest BCUT2D eigenvalue weighted by atomic mass is 10.1. The molecule has 3 rings (SSSR count). The summed E-state index contributed by atoms with van der Waals surface area (Å²) in [5.41, 5.74) is 1.16. The molecule has 1 fully saturated rings. The maximum absolute atomic E-state index is 11.3. The Labute approximate surface area is 124 Å². The summed E-state index contributed by atoms with van der Waals surface area (Å²) >= 11 is 3.49. The Morgan fingerprint density at radius 3 is 2.53 bits per heavy atom. The van der Waals surface area contributed by atoms with Gasteiger partial charge in [0.25, 0.3) is 0 Å². The zero-order valence-electron chi connectivity index (χ0n) is 10.6. The fourth-order valence-electron chi connectivity index (χ4n) is 2.48. The fourth-order valence-corrected chi connectivity index (χ4v) is 4.16. The van der Waals surface area contributed by atoms with Crippen molar-refractivity contribution in [3.05, 3.63) is 40.9 Å². The summed E-state index contributed by atoms with van der Waals surface area (Å²) in [6.07, 6.45) is 2.01. The Hall–Kier alpha value is -0.870. The molecule has 1 heterocycles. The predicted octanol–water partition coefficient (Wildman–Crippen LogP) is 3.93. The molecule has 1 aliphatic heterocycles. The van der Waals surface area contributed by atoms with Gasteiger partial charge in [-0.1, -0.05) is 28.1 Å². The molecule has 1 N–H and O–H groups in total. The average Bonchev–Trinajstić information content (AvgIpc) is 2.42. The van der Waals surface area contributed by atoms with Crippen molar-refractivity contribution in [3.8, 4) is 0 Å². The van der Waals surface area contributed by atoms with Crippen LogP contribution in [0.25, 0.3) is 10.8 Å². The van der Waals surface area contributed by atoms with Gasteiger partial charge in [0.1, 0.15) is 0 Å². The third-order valence-corrected chi connectivity index (χ3v) is 5.44. The molecule has 0 bridgehead atoms. The highest BCUT2D eigenvalue weighted by atomic mass is 79.9. The maximum atomic E-state index is 11.3. The summed E-state index contributed by atoms with van der Waals surface area (Å²) in [5.74, 6) is 1.66. The van der Waals surface area contributed by atoms with Crippen LogP contribution in [0.15, 0.2) is 40.9 Å². The molecule has 0 spiro atoms. The van der Waals surface area contributed by atoms with Crippen molar-refractivity contribution < 1.29 is 4.21 Å². The molecule has 4 heteroatoms. The van der Waals surface area contributed by atoms with Crippen molar-refractivity contribution in [3.63, 3.8) is 0 Å². The van der Waals surface area contributed by atoms with E-state index in [9.17, 15) is 4.21 Å². The topological polar surface area (TPSA) is 29.1 Å². The molecule has 2 aromatic rings. The number of anilines is 1. The van der Waals surface area contributed by atoms with Crippen LogP contribution in [0, 0.1) is 0 Å². The average molecular weight is 338 g/mol. The summed E-state index contributed by atoms with van der Waals surface area (Å²) in [6.45, 7) is 0. The van der Waals surface area contributed by atoms with E-state index in [0.29, 0.717) is 6.04 Å².